The maximum Gasteiger partial charge on any atom is 0.0713 e. The maximum absolute atomic E-state index is 5.74. The van der Waals surface area contributed by atoms with Gasteiger partial charge in [0.1, 0.15) is 0 Å². The van der Waals surface area contributed by atoms with Crippen LogP contribution >= 0.6 is 0 Å². The molecular weight excluding hydrogens is 222 g/mol. The van der Waals surface area contributed by atoms with Crippen LogP contribution in [0.2, 0.25) is 0 Å². The fraction of sp³-hybridized carbons (Fsp3) is 0.267. The Labute approximate surface area is 108 Å². The molecule has 94 valence electrons. The summed E-state index contributed by atoms with van der Waals surface area (Å²) in [6, 6.07) is 10.5. The second-order valence-corrected chi connectivity index (χ2v) is 4.69. The predicted molar refractivity (Wildman–Crippen MR) is 74.1 cm³/mol. The summed E-state index contributed by atoms with van der Waals surface area (Å²) in [5.41, 5.74) is 8.72. The van der Waals surface area contributed by atoms with E-state index in [1.54, 1.807) is 0 Å². The number of hydrogen-bond acceptors (Lipinski definition) is 3. The molecule has 2 rings (SSSR count). The lowest BCUT2D eigenvalue weighted by Crippen LogP contribution is -2.29. The van der Waals surface area contributed by atoms with Crippen LogP contribution in [-0.2, 0) is 0 Å². The predicted octanol–water partition coefficient (Wildman–Crippen LogP) is 2.56. The van der Waals surface area contributed by atoms with Crippen LogP contribution in [-0.4, -0.2) is 4.98 Å². The van der Waals surface area contributed by atoms with Crippen molar-refractivity contribution >= 4 is 0 Å². The summed E-state index contributed by atoms with van der Waals surface area (Å²) in [7, 11) is 0. The third-order valence-electron chi connectivity index (χ3n) is 3.17. The topological polar surface area (TPSA) is 50.9 Å². The zero-order valence-corrected chi connectivity index (χ0v) is 11.1. The second kappa shape index (κ2) is 5.29. The fourth-order valence-corrected chi connectivity index (χ4v) is 2.18. The Morgan fingerprint density at radius 1 is 1.11 bits per heavy atom. The molecule has 1 aromatic heterocycles. The highest BCUT2D eigenvalue weighted by atomic mass is 15.2. The molecule has 0 spiro atoms. The standard InChI is InChI=1S/C15H19N3/c1-10-4-5-11(2)14(8-10)15(18-16)13-6-7-17-12(3)9-13/h4-9,15,18H,16H2,1-3H3. The van der Waals surface area contributed by atoms with Crippen LogP contribution < -0.4 is 11.3 Å². The van der Waals surface area contributed by atoms with Gasteiger partial charge in [-0.25, -0.2) is 5.43 Å². The minimum absolute atomic E-state index is 0.00611. The molecule has 0 fully saturated rings. The van der Waals surface area contributed by atoms with E-state index in [0.717, 1.165) is 11.3 Å². The number of nitrogens with one attached hydrogen (secondary N) is 1. The number of rotatable bonds is 3. The van der Waals surface area contributed by atoms with Gasteiger partial charge in [-0.05, 0) is 49.6 Å². The molecule has 0 bridgehead atoms. The molecule has 1 aromatic carbocycles. The van der Waals surface area contributed by atoms with Crippen molar-refractivity contribution in [3.8, 4) is 0 Å². The van der Waals surface area contributed by atoms with Crippen LogP contribution in [0, 0.1) is 20.8 Å². The zero-order valence-electron chi connectivity index (χ0n) is 11.1. The second-order valence-electron chi connectivity index (χ2n) is 4.69. The molecule has 0 amide bonds. The van der Waals surface area contributed by atoms with Gasteiger partial charge in [0.15, 0.2) is 0 Å². The molecule has 0 radical (unpaired) electrons. The number of aryl methyl sites for hydroxylation is 3. The first-order valence-electron chi connectivity index (χ1n) is 6.07. The van der Waals surface area contributed by atoms with E-state index in [9.17, 15) is 0 Å². The minimum Gasteiger partial charge on any atom is -0.271 e. The summed E-state index contributed by atoms with van der Waals surface area (Å²) in [4.78, 5) is 4.22. The Kier molecular flexibility index (Phi) is 3.75. The van der Waals surface area contributed by atoms with Crippen molar-refractivity contribution in [1.29, 1.82) is 0 Å². The number of hydrogen-bond donors (Lipinski definition) is 2. The molecule has 3 N–H and O–H groups in total. The Bertz CT molecular complexity index is 549. The van der Waals surface area contributed by atoms with E-state index in [1.165, 1.54) is 16.7 Å². The summed E-state index contributed by atoms with van der Waals surface area (Å²) in [5, 5.41) is 0. The third-order valence-corrected chi connectivity index (χ3v) is 3.17. The molecule has 1 unspecified atom stereocenters. The smallest absolute Gasteiger partial charge is 0.0713 e. The molecule has 0 aliphatic rings. The van der Waals surface area contributed by atoms with Crippen molar-refractivity contribution in [1.82, 2.24) is 10.4 Å². The molecule has 1 atom stereocenters. The molecule has 1 heterocycles. The van der Waals surface area contributed by atoms with Gasteiger partial charge in [0.2, 0.25) is 0 Å². The summed E-state index contributed by atoms with van der Waals surface area (Å²) in [6.45, 7) is 6.18. The van der Waals surface area contributed by atoms with E-state index in [2.05, 4.69) is 48.5 Å². The van der Waals surface area contributed by atoms with Gasteiger partial charge in [-0.15, -0.1) is 0 Å². The van der Waals surface area contributed by atoms with E-state index in [1.807, 2.05) is 19.2 Å². The number of nitrogens with two attached hydrogens (primary N) is 1. The summed E-state index contributed by atoms with van der Waals surface area (Å²) in [6.07, 6.45) is 1.82. The van der Waals surface area contributed by atoms with Gasteiger partial charge in [0, 0.05) is 11.9 Å². The number of hydrazine groups is 1. The van der Waals surface area contributed by atoms with Gasteiger partial charge in [-0.3, -0.25) is 10.8 Å². The van der Waals surface area contributed by atoms with E-state index in [-0.39, 0.29) is 6.04 Å². The summed E-state index contributed by atoms with van der Waals surface area (Å²) in [5.74, 6) is 5.74. The molecule has 0 saturated carbocycles. The average molecular weight is 241 g/mol. The monoisotopic (exact) mass is 241 g/mol. The van der Waals surface area contributed by atoms with Crippen LogP contribution in [0.4, 0.5) is 0 Å². The maximum atomic E-state index is 5.74. The highest BCUT2D eigenvalue weighted by molar-refractivity contribution is 5.39. The summed E-state index contributed by atoms with van der Waals surface area (Å²) >= 11 is 0. The van der Waals surface area contributed by atoms with Crippen LogP contribution in [0.3, 0.4) is 0 Å². The Hall–Kier alpha value is -1.71. The largest absolute Gasteiger partial charge is 0.271 e. The molecule has 3 nitrogen and oxygen atoms in total. The summed E-state index contributed by atoms with van der Waals surface area (Å²) < 4.78 is 0. The van der Waals surface area contributed by atoms with Crippen LogP contribution in [0.1, 0.15) is 34.0 Å². The lowest BCUT2D eigenvalue weighted by Gasteiger charge is -2.20. The van der Waals surface area contributed by atoms with Crippen molar-refractivity contribution in [2.24, 2.45) is 5.84 Å². The van der Waals surface area contributed by atoms with Gasteiger partial charge >= 0.3 is 0 Å². The minimum atomic E-state index is 0.00611. The van der Waals surface area contributed by atoms with Crippen molar-refractivity contribution in [2.75, 3.05) is 0 Å². The lowest BCUT2D eigenvalue weighted by atomic mass is 9.94. The van der Waals surface area contributed by atoms with E-state index < -0.39 is 0 Å². The van der Waals surface area contributed by atoms with Crippen molar-refractivity contribution < 1.29 is 0 Å². The normalized spacial score (nSPS) is 12.4. The van der Waals surface area contributed by atoms with Crippen molar-refractivity contribution in [3.63, 3.8) is 0 Å². The van der Waals surface area contributed by atoms with E-state index in [4.69, 9.17) is 5.84 Å². The molecule has 0 aliphatic carbocycles. The van der Waals surface area contributed by atoms with Gasteiger partial charge in [-0.2, -0.15) is 0 Å². The van der Waals surface area contributed by atoms with Gasteiger partial charge in [0.05, 0.1) is 6.04 Å². The van der Waals surface area contributed by atoms with Crippen molar-refractivity contribution in [2.45, 2.75) is 26.8 Å². The fourth-order valence-electron chi connectivity index (χ4n) is 2.18. The Morgan fingerprint density at radius 3 is 2.56 bits per heavy atom. The molecular formula is C15H19N3. The Balaban J connectivity index is 2.48. The van der Waals surface area contributed by atoms with Gasteiger partial charge in [-0.1, -0.05) is 23.8 Å². The molecule has 0 aliphatic heterocycles. The molecule has 18 heavy (non-hydrogen) atoms. The van der Waals surface area contributed by atoms with Crippen molar-refractivity contribution in [3.05, 3.63) is 64.5 Å². The first-order valence-corrected chi connectivity index (χ1v) is 6.07. The van der Waals surface area contributed by atoms with E-state index >= 15 is 0 Å². The van der Waals surface area contributed by atoms with Gasteiger partial charge < -0.3 is 0 Å². The van der Waals surface area contributed by atoms with Gasteiger partial charge in [0.25, 0.3) is 0 Å². The lowest BCUT2D eigenvalue weighted by molar-refractivity contribution is 0.632. The number of aromatic nitrogens is 1. The first kappa shape index (κ1) is 12.7. The van der Waals surface area contributed by atoms with E-state index in [0.29, 0.717) is 0 Å². The quantitative estimate of drug-likeness (QED) is 0.641. The average Bonchev–Trinajstić information content (AvgIpc) is 2.35. The van der Waals surface area contributed by atoms with Crippen LogP contribution in [0.25, 0.3) is 0 Å². The Morgan fingerprint density at radius 2 is 1.89 bits per heavy atom. The SMILES string of the molecule is Cc1ccc(C)c(C(NN)c2ccnc(C)c2)c1. The zero-order chi connectivity index (χ0) is 13.1. The molecule has 3 heteroatoms. The number of pyridine rings is 1. The molecule has 0 saturated heterocycles. The third kappa shape index (κ3) is 2.58. The highest BCUT2D eigenvalue weighted by Gasteiger charge is 2.14. The highest BCUT2D eigenvalue weighted by Crippen LogP contribution is 2.25. The first-order chi connectivity index (χ1) is 8.61. The van der Waals surface area contributed by atoms with Crippen LogP contribution in [0.15, 0.2) is 36.5 Å². The number of benzene rings is 1. The molecule has 2 aromatic rings. The van der Waals surface area contributed by atoms with Crippen LogP contribution in [0.5, 0.6) is 0 Å². The number of nitrogens with zero attached hydrogens (tertiary/aromatic N) is 1.